The van der Waals surface area contributed by atoms with E-state index in [2.05, 4.69) is 10.3 Å². The van der Waals surface area contributed by atoms with Gasteiger partial charge >= 0.3 is 6.09 Å². The quantitative estimate of drug-likeness (QED) is 0.767. The largest absolute Gasteiger partial charge is 0.444 e. The Morgan fingerprint density at radius 1 is 1.41 bits per heavy atom. The standard InChI is InChI=1S/C20H27N3O4/c1-20(2,3)27-19(26)23-11-14-15(12-23)18(14)16(24)10-22-17(25)7-6-13-5-4-8-21-9-13/h4-9,14-16,18,24H,10-12H2,1-3H3,(H,22,25)/b7-6+. The highest BCUT2D eigenvalue weighted by atomic mass is 16.6. The maximum absolute atomic E-state index is 12.1. The first-order valence-electron chi connectivity index (χ1n) is 9.26. The molecule has 1 aliphatic heterocycles. The third kappa shape index (κ3) is 5.07. The van der Waals surface area contributed by atoms with Crippen LogP contribution in [0, 0.1) is 17.8 Å². The van der Waals surface area contributed by atoms with E-state index in [1.807, 2.05) is 26.8 Å². The van der Waals surface area contributed by atoms with Gasteiger partial charge in [0.15, 0.2) is 0 Å². The van der Waals surface area contributed by atoms with Gasteiger partial charge in [-0.2, -0.15) is 0 Å². The van der Waals surface area contributed by atoms with Crippen LogP contribution >= 0.6 is 0 Å². The summed E-state index contributed by atoms with van der Waals surface area (Å²) in [5.74, 6) is 0.455. The summed E-state index contributed by atoms with van der Waals surface area (Å²) in [5.41, 5.74) is 0.336. The van der Waals surface area contributed by atoms with E-state index in [-0.39, 0.29) is 36.3 Å². The molecule has 0 bridgehead atoms. The minimum atomic E-state index is -0.600. The van der Waals surface area contributed by atoms with Crippen molar-refractivity contribution >= 4 is 18.1 Å². The second-order valence-electron chi connectivity index (χ2n) is 8.22. The van der Waals surface area contributed by atoms with Crippen LogP contribution in [0.1, 0.15) is 26.3 Å². The zero-order valence-electron chi connectivity index (χ0n) is 16.0. The number of hydrogen-bond acceptors (Lipinski definition) is 5. The van der Waals surface area contributed by atoms with Crippen LogP contribution in [-0.2, 0) is 9.53 Å². The van der Waals surface area contributed by atoms with Gasteiger partial charge in [-0.05, 0) is 56.2 Å². The van der Waals surface area contributed by atoms with Crippen LogP contribution in [0.2, 0.25) is 0 Å². The maximum atomic E-state index is 12.1. The molecule has 1 aromatic heterocycles. The molecule has 2 N–H and O–H groups in total. The number of pyridine rings is 1. The highest BCUT2D eigenvalue weighted by Gasteiger charge is 2.59. The highest BCUT2D eigenvalue weighted by molar-refractivity contribution is 5.91. The van der Waals surface area contributed by atoms with E-state index in [4.69, 9.17) is 4.74 Å². The number of piperidine rings is 1. The van der Waals surface area contributed by atoms with Crippen molar-refractivity contribution < 1.29 is 19.4 Å². The summed E-state index contributed by atoms with van der Waals surface area (Å²) in [6.45, 7) is 6.96. The van der Waals surface area contributed by atoms with E-state index < -0.39 is 11.7 Å². The van der Waals surface area contributed by atoms with Gasteiger partial charge in [0.1, 0.15) is 5.60 Å². The van der Waals surface area contributed by atoms with Crippen LogP contribution in [0.15, 0.2) is 30.6 Å². The molecule has 0 spiro atoms. The van der Waals surface area contributed by atoms with Gasteiger partial charge in [-0.1, -0.05) is 6.07 Å². The Morgan fingerprint density at radius 3 is 2.70 bits per heavy atom. The van der Waals surface area contributed by atoms with Crippen molar-refractivity contribution in [1.82, 2.24) is 15.2 Å². The predicted octanol–water partition coefficient (Wildman–Crippen LogP) is 1.68. The Bertz CT molecular complexity index is 702. The molecule has 2 aliphatic rings. The van der Waals surface area contributed by atoms with E-state index in [9.17, 15) is 14.7 Å². The first-order chi connectivity index (χ1) is 12.7. The van der Waals surface area contributed by atoms with Crippen LogP contribution in [-0.4, -0.2) is 58.3 Å². The van der Waals surface area contributed by atoms with Crippen molar-refractivity contribution in [2.45, 2.75) is 32.5 Å². The summed E-state index contributed by atoms with van der Waals surface area (Å²) >= 11 is 0. The Labute approximate surface area is 159 Å². The average Bonchev–Trinajstić information content (AvgIpc) is 3.11. The smallest absolute Gasteiger partial charge is 0.410 e. The summed E-state index contributed by atoms with van der Waals surface area (Å²) in [6, 6.07) is 3.65. The number of amides is 2. The zero-order valence-corrected chi connectivity index (χ0v) is 16.0. The third-order valence-electron chi connectivity index (χ3n) is 4.95. The second kappa shape index (κ2) is 7.68. The number of nitrogens with one attached hydrogen (secondary N) is 1. The van der Waals surface area contributed by atoms with E-state index in [1.54, 1.807) is 29.4 Å². The Hall–Kier alpha value is -2.41. The van der Waals surface area contributed by atoms with Crippen molar-refractivity contribution in [3.8, 4) is 0 Å². The number of aliphatic hydroxyl groups excluding tert-OH is 1. The normalized spacial score (nSPS) is 25.2. The number of likely N-dealkylation sites (tertiary alicyclic amines) is 1. The molecule has 2 heterocycles. The fourth-order valence-electron chi connectivity index (χ4n) is 3.67. The van der Waals surface area contributed by atoms with Crippen molar-refractivity contribution in [3.05, 3.63) is 36.2 Å². The van der Waals surface area contributed by atoms with Gasteiger partial charge in [0.2, 0.25) is 5.91 Å². The molecule has 0 radical (unpaired) electrons. The number of ether oxygens (including phenoxy) is 1. The number of rotatable bonds is 5. The van der Waals surface area contributed by atoms with Gasteiger partial charge in [0, 0.05) is 38.1 Å². The number of fused-ring (bicyclic) bond motifs is 1. The van der Waals surface area contributed by atoms with Crippen molar-refractivity contribution in [3.63, 3.8) is 0 Å². The lowest BCUT2D eigenvalue weighted by Gasteiger charge is -2.26. The molecule has 146 valence electrons. The number of hydrogen-bond donors (Lipinski definition) is 2. The molecule has 27 heavy (non-hydrogen) atoms. The van der Waals surface area contributed by atoms with Crippen molar-refractivity contribution in [1.29, 1.82) is 0 Å². The van der Waals surface area contributed by atoms with E-state index in [1.165, 1.54) is 6.08 Å². The van der Waals surface area contributed by atoms with Gasteiger partial charge in [-0.3, -0.25) is 9.78 Å². The molecular weight excluding hydrogens is 346 g/mol. The van der Waals surface area contributed by atoms with Crippen LogP contribution in [0.5, 0.6) is 0 Å². The fourth-order valence-corrected chi connectivity index (χ4v) is 3.67. The van der Waals surface area contributed by atoms with Gasteiger partial charge in [0.25, 0.3) is 0 Å². The van der Waals surface area contributed by atoms with Crippen molar-refractivity contribution in [2.24, 2.45) is 17.8 Å². The third-order valence-corrected chi connectivity index (χ3v) is 4.95. The topological polar surface area (TPSA) is 91.8 Å². The van der Waals surface area contributed by atoms with Crippen LogP contribution in [0.3, 0.4) is 0 Å². The van der Waals surface area contributed by atoms with Crippen LogP contribution < -0.4 is 5.32 Å². The van der Waals surface area contributed by atoms with Crippen LogP contribution in [0.25, 0.3) is 6.08 Å². The molecule has 7 nitrogen and oxygen atoms in total. The van der Waals surface area contributed by atoms with E-state index in [0.29, 0.717) is 13.1 Å². The first kappa shape index (κ1) is 19.4. The lowest BCUT2D eigenvalue weighted by Crippen LogP contribution is -2.39. The number of aromatic nitrogens is 1. The molecule has 2 amide bonds. The Balaban J connectivity index is 1.39. The summed E-state index contributed by atoms with van der Waals surface area (Å²) in [5, 5.41) is 13.1. The molecule has 0 aromatic carbocycles. The molecule has 3 unspecified atom stereocenters. The second-order valence-corrected chi connectivity index (χ2v) is 8.22. The van der Waals surface area contributed by atoms with E-state index >= 15 is 0 Å². The lowest BCUT2D eigenvalue weighted by atomic mass is 10.1. The highest BCUT2D eigenvalue weighted by Crippen LogP contribution is 2.53. The summed E-state index contributed by atoms with van der Waals surface area (Å²) in [7, 11) is 0. The number of nitrogens with zero attached hydrogens (tertiary/aromatic N) is 2. The molecule has 3 atom stereocenters. The summed E-state index contributed by atoms with van der Waals surface area (Å²) in [6.07, 6.45) is 5.55. The van der Waals surface area contributed by atoms with Gasteiger partial charge in [0.05, 0.1) is 6.10 Å². The SMILES string of the molecule is CC(C)(C)OC(=O)N1CC2C(C1)C2C(O)CNC(=O)/C=C/c1cccnc1. The van der Waals surface area contributed by atoms with Crippen molar-refractivity contribution in [2.75, 3.05) is 19.6 Å². The number of carbonyl (C=O) groups is 2. The van der Waals surface area contributed by atoms with Gasteiger partial charge in [-0.15, -0.1) is 0 Å². The molecule has 2 fully saturated rings. The number of aliphatic hydroxyl groups is 1. The molecule has 7 heteroatoms. The minimum Gasteiger partial charge on any atom is -0.444 e. The fraction of sp³-hybridized carbons (Fsp3) is 0.550. The maximum Gasteiger partial charge on any atom is 0.410 e. The molecule has 3 rings (SSSR count). The monoisotopic (exact) mass is 373 g/mol. The average molecular weight is 373 g/mol. The van der Waals surface area contributed by atoms with E-state index in [0.717, 1.165) is 5.56 Å². The molecular formula is C20H27N3O4. The zero-order chi connectivity index (χ0) is 19.6. The molecule has 1 saturated carbocycles. The molecule has 1 saturated heterocycles. The van der Waals surface area contributed by atoms with Crippen LogP contribution in [0.4, 0.5) is 4.79 Å². The summed E-state index contributed by atoms with van der Waals surface area (Å²) < 4.78 is 5.38. The minimum absolute atomic E-state index is 0.131. The molecule has 1 aliphatic carbocycles. The summed E-state index contributed by atoms with van der Waals surface area (Å²) in [4.78, 5) is 29.7. The van der Waals surface area contributed by atoms with Gasteiger partial charge < -0.3 is 20.1 Å². The molecule has 1 aromatic rings. The number of carbonyl (C=O) groups excluding carboxylic acids is 2. The predicted molar refractivity (Wildman–Crippen MR) is 101 cm³/mol. The first-order valence-corrected chi connectivity index (χ1v) is 9.26. The Kier molecular flexibility index (Phi) is 5.51. The lowest BCUT2D eigenvalue weighted by molar-refractivity contribution is -0.117. The Morgan fingerprint density at radius 2 is 2.11 bits per heavy atom. The van der Waals surface area contributed by atoms with Gasteiger partial charge in [-0.25, -0.2) is 4.79 Å².